The summed E-state index contributed by atoms with van der Waals surface area (Å²) in [7, 11) is -0.972. The minimum absolute atomic E-state index is 0.00856. The van der Waals surface area contributed by atoms with E-state index in [4.69, 9.17) is 4.74 Å². The molecule has 0 saturated heterocycles. The number of aromatic nitrogens is 1. The molecule has 1 heterocycles. The lowest BCUT2D eigenvalue weighted by Crippen LogP contribution is -2.31. The first-order valence-corrected chi connectivity index (χ1v) is 8.57. The summed E-state index contributed by atoms with van der Waals surface area (Å²) < 4.78 is 45.3. The predicted molar refractivity (Wildman–Crippen MR) is 85.2 cm³/mol. The van der Waals surface area contributed by atoms with Gasteiger partial charge in [0, 0.05) is 31.5 Å². The third kappa shape index (κ3) is 3.51. The van der Waals surface area contributed by atoms with Crippen molar-refractivity contribution >= 4 is 10.0 Å². The molecule has 0 aliphatic rings. The molecule has 0 bridgehead atoms. The van der Waals surface area contributed by atoms with Crippen LogP contribution in [0.25, 0.3) is 0 Å². The van der Waals surface area contributed by atoms with Gasteiger partial charge in [-0.15, -0.1) is 0 Å². The van der Waals surface area contributed by atoms with Gasteiger partial charge in [0.15, 0.2) is 11.6 Å². The number of pyridine rings is 1. The Morgan fingerprint density at radius 3 is 2.48 bits per heavy atom. The van der Waals surface area contributed by atoms with E-state index in [1.165, 1.54) is 30.6 Å². The van der Waals surface area contributed by atoms with Crippen LogP contribution in [0.1, 0.15) is 24.9 Å². The highest BCUT2D eigenvalue weighted by molar-refractivity contribution is 7.89. The Morgan fingerprint density at radius 2 is 1.91 bits per heavy atom. The average molecular weight is 338 g/mol. The molecule has 0 N–H and O–H groups in total. The Balaban J connectivity index is 2.41. The molecule has 1 unspecified atom stereocenters. The molecule has 0 amide bonds. The van der Waals surface area contributed by atoms with Crippen LogP contribution in [-0.4, -0.2) is 31.9 Å². The van der Waals surface area contributed by atoms with Crippen LogP contribution in [0, 0.1) is 5.82 Å². The fraction of sp³-hybridized carbons (Fsp3) is 0.312. The van der Waals surface area contributed by atoms with Crippen molar-refractivity contribution in [3.63, 3.8) is 0 Å². The first-order chi connectivity index (χ1) is 10.9. The summed E-state index contributed by atoms with van der Waals surface area (Å²) in [6.07, 6.45) is 3.84. The minimum atomic E-state index is -3.78. The topological polar surface area (TPSA) is 59.5 Å². The summed E-state index contributed by atoms with van der Waals surface area (Å²) in [5.41, 5.74) is 0.850. The van der Waals surface area contributed by atoms with E-state index >= 15 is 0 Å². The smallest absolute Gasteiger partial charge is 0.243 e. The van der Waals surface area contributed by atoms with Crippen LogP contribution >= 0.6 is 0 Å². The molecule has 0 radical (unpaired) electrons. The van der Waals surface area contributed by atoms with Crippen LogP contribution in [0.5, 0.6) is 5.75 Å². The van der Waals surface area contributed by atoms with Crippen molar-refractivity contribution in [2.24, 2.45) is 0 Å². The van der Waals surface area contributed by atoms with Crippen molar-refractivity contribution in [1.29, 1.82) is 0 Å². The number of nitrogens with zero attached hydrogens (tertiary/aromatic N) is 2. The first-order valence-electron chi connectivity index (χ1n) is 7.13. The van der Waals surface area contributed by atoms with Crippen LogP contribution in [0.3, 0.4) is 0 Å². The van der Waals surface area contributed by atoms with Gasteiger partial charge in [0.25, 0.3) is 0 Å². The molecule has 0 aliphatic carbocycles. The first kappa shape index (κ1) is 17.4. The zero-order chi connectivity index (χ0) is 17.0. The molecular weight excluding hydrogens is 319 g/mol. The van der Waals surface area contributed by atoms with Gasteiger partial charge >= 0.3 is 0 Å². The van der Waals surface area contributed by atoms with Gasteiger partial charge in [-0.05, 0) is 36.2 Å². The second-order valence-electron chi connectivity index (χ2n) is 5.02. The van der Waals surface area contributed by atoms with E-state index in [-0.39, 0.29) is 16.7 Å². The molecule has 124 valence electrons. The fourth-order valence-corrected chi connectivity index (χ4v) is 3.86. The van der Waals surface area contributed by atoms with Crippen molar-refractivity contribution < 1.29 is 17.5 Å². The van der Waals surface area contributed by atoms with E-state index < -0.39 is 15.8 Å². The number of benzene rings is 1. The number of methoxy groups -OCH3 is 1. The zero-order valence-corrected chi connectivity index (χ0v) is 14.0. The van der Waals surface area contributed by atoms with Gasteiger partial charge in [-0.2, -0.15) is 4.31 Å². The standard InChI is InChI=1S/C16H19FN2O3S/c1-4-15(12-7-9-18-10-8-12)19(2)23(20,21)13-5-6-14(17)16(11-13)22-3/h5-11,15H,4H2,1-3H3. The Labute approximate surface area is 135 Å². The lowest BCUT2D eigenvalue weighted by Gasteiger charge is -2.27. The number of hydrogen-bond acceptors (Lipinski definition) is 4. The SMILES string of the molecule is CCC(c1ccncc1)N(C)S(=O)(=O)c1ccc(F)c(OC)c1. The summed E-state index contributed by atoms with van der Waals surface area (Å²) in [6.45, 7) is 1.91. The molecular formula is C16H19FN2O3S. The third-order valence-electron chi connectivity index (χ3n) is 3.72. The van der Waals surface area contributed by atoms with Gasteiger partial charge in [-0.3, -0.25) is 4.98 Å². The summed E-state index contributed by atoms with van der Waals surface area (Å²) in [6, 6.07) is 6.76. The minimum Gasteiger partial charge on any atom is -0.494 e. The molecule has 0 spiro atoms. The van der Waals surface area contributed by atoms with E-state index in [0.29, 0.717) is 6.42 Å². The molecule has 5 nitrogen and oxygen atoms in total. The van der Waals surface area contributed by atoms with E-state index in [2.05, 4.69) is 4.98 Å². The fourth-order valence-electron chi connectivity index (χ4n) is 2.42. The van der Waals surface area contributed by atoms with Crippen molar-refractivity contribution in [3.8, 4) is 5.75 Å². The van der Waals surface area contributed by atoms with Gasteiger partial charge < -0.3 is 4.74 Å². The third-order valence-corrected chi connectivity index (χ3v) is 5.58. The summed E-state index contributed by atoms with van der Waals surface area (Å²) in [5, 5.41) is 0. The molecule has 1 aromatic carbocycles. The lowest BCUT2D eigenvalue weighted by molar-refractivity contribution is 0.364. The van der Waals surface area contributed by atoms with Crippen molar-refractivity contribution in [2.75, 3.05) is 14.2 Å². The van der Waals surface area contributed by atoms with Gasteiger partial charge in [0.2, 0.25) is 10.0 Å². The Bertz CT molecular complexity index is 766. The highest BCUT2D eigenvalue weighted by Gasteiger charge is 2.28. The number of rotatable bonds is 6. The van der Waals surface area contributed by atoms with Crippen LogP contribution in [0.2, 0.25) is 0 Å². The zero-order valence-electron chi connectivity index (χ0n) is 13.2. The summed E-state index contributed by atoms with van der Waals surface area (Å²) in [4.78, 5) is 3.94. The van der Waals surface area contributed by atoms with E-state index in [0.717, 1.165) is 11.6 Å². The number of halogens is 1. The second kappa shape index (κ2) is 7.06. The molecule has 7 heteroatoms. The highest BCUT2D eigenvalue weighted by atomic mass is 32.2. The van der Waals surface area contributed by atoms with E-state index in [1.54, 1.807) is 24.5 Å². The van der Waals surface area contributed by atoms with Gasteiger partial charge in [0.05, 0.1) is 12.0 Å². The van der Waals surface area contributed by atoms with Gasteiger partial charge in [0.1, 0.15) is 0 Å². The lowest BCUT2D eigenvalue weighted by atomic mass is 10.1. The predicted octanol–water partition coefficient (Wildman–Crippen LogP) is 3.00. The largest absolute Gasteiger partial charge is 0.494 e. The normalized spacial score (nSPS) is 13.1. The van der Waals surface area contributed by atoms with Crippen LogP contribution in [0.15, 0.2) is 47.6 Å². The van der Waals surface area contributed by atoms with Crippen molar-refractivity contribution in [2.45, 2.75) is 24.3 Å². The molecule has 1 aromatic heterocycles. The number of ether oxygens (including phenoxy) is 1. The molecule has 0 saturated carbocycles. The van der Waals surface area contributed by atoms with E-state index in [9.17, 15) is 12.8 Å². The monoisotopic (exact) mass is 338 g/mol. The Morgan fingerprint density at radius 1 is 1.26 bits per heavy atom. The molecule has 2 rings (SSSR count). The van der Waals surface area contributed by atoms with Crippen LogP contribution in [0.4, 0.5) is 4.39 Å². The maximum atomic E-state index is 13.5. The maximum Gasteiger partial charge on any atom is 0.243 e. The molecule has 0 aliphatic heterocycles. The molecule has 0 fully saturated rings. The van der Waals surface area contributed by atoms with Gasteiger partial charge in [-0.1, -0.05) is 6.92 Å². The maximum absolute atomic E-state index is 13.5. The van der Waals surface area contributed by atoms with Crippen molar-refractivity contribution in [3.05, 3.63) is 54.1 Å². The number of hydrogen-bond donors (Lipinski definition) is 0. The van der Waals surface area contributed by atoms with Crippen molar-refractivity contribution in [1.82, 2.24) is 9.29 Å². The van der Waals surface area contributed by atoms with Crippen LogP contribution < -0.4 is 4.74 Å². The Kier molecular flexibility index (Phi) is 5.33. The Hall–Kier alpha value is -1.99. The quantitative estimate of drug-likeness (QED) is 0.812. The summed E-state index contributed by atoms with van der Waals surface area (Å²) in [5.74, 6) is -0.702. The van der Waals surface area contributed by atoms with E-state index in [1.807, 2.05) is 6.92 Å². The van der Waals surface area contributed by atoms with Crippen LogP contribution in [-0.2, 0) is 10.0 Å². The second-order valence-corrected chi connectivity index (χ2v) is 7.02. The average Bonchev–Trinajstić information content (AvgIpc) is 2.56. The highest BCUT2D eigenvalue weighted by Crippen LogP contribution is 2.30. The number of sulfonamides is 1. The summed E-state index contributed by atoms with van der Waals surface area (Å²) >= 11 is 0. The molecule has 2 aromatic rings. The van der Waals surface area contributed by atoms with Gasteiger partial charge in [-0.25, -0.2) is 12.8 Å². The molecule has 1 atom stereocenters. The molecule has 23 heavy (non-hydrogen) atoms.